The molecule has 224 valence electrons. The number of hydrogen-bond acceptors (Lipinski definition) is 5. The molecular weight excluding hydrogens is 550 g/mol. The number of nitrogens with one attached hydrogen (secondary N) is 1. The minimum absolute atomic E-state index is 0.0326. The van der Waals surface area contributed by atoms with Crippen molar-refractivity contribution in [1.82, 2.24) is 10.2 Å². The van der Waals surface area contributed by atoms with Crippen LogP contribution in [0.25, 0.3) is 0 Å². The van der Waals surface area contributed by atoms with Crippen LogP contribution in [-0.4, -0.2) is 50.9 Å². The lowest BCUT2D eigenvalue weighted by molar-refractivity contribution is -0.139. The highest BCUT2D eigenvalue weighted by Gasteiger charge is 2.33. The molecule has 4 rings (SSSR count). The van der Waals surface area contributed by atoms with E-state index in [-0.39, 0.29) is 23.4 Å². The van der Waals surface area contributed by atoms with Crippen molar-refractivity contribution in [1.29, 1.82) is 0 Å². The molecule has 1 saturated carbocycles. The maximum Gasteiger partial charge on any atom is 0.264 e. The second kappa shape index (κ2) is 13.9. The van der Waals surface area contributed by atoms with Crippen molar-refractivity contribution in [3.63, 3.8) is 0 Å². The van der Waals surface area contributed by atoms with Crippen molar-refractivity contribution in [3.8, 4) is 5.75 Å². The number of benzene rings is 3. The average molecular weight is 592 g/mol. The lowest BCUT2D eigenvalue weighted by atomic mass is 9.95. The third-order valence-electron chi connectivity index (χ3n) is 7.97. The van der Waals surface area contributed by atoms with E-state index in [9.17, 15) is 18.0 Å². The van der Waals surface area contributed by atoms with Gasteiger partial charge in [0.2, 0.25) is 11.8 Å². The maximum absolute atomic E-state index is 14.1. The molecule has 8 nitrogen and oxygen atoms in total. The zero-order valence-electron chi connectivity index (χ0n) is 24.9. The number of sulfonamides is 1. The molecule has 0 bridgehead atoms. The molecule has 3 aromatic carbocycles. The van der Waals surface area contributed by atoms with Crippen molar-refractivity contribution in [2.45, 2.75) is 76.4 Å². The molecule has 0 spiro atoms. The van der Waals surface area contributed by atoms with Crippen molar-refractivity contribution >= 4 is 27.5 Å². The van der Waals surface area contributed by atoms with Gasteiger partial charge in [-0.15, -0.1) is 0 Å². The number of hydrogen-bond donors (Lipinski definition) is 1. The molecule has 0 aromatic heterocycles. The fourth-order valence-corrected chi connectivity index (χ4v) is 6.65. The van der Waals surface area contributed by atoms with E-state index >= 15 is 0 Å². The first kappa shape index (κ1) is 31.1. The number of rotatable bonds is 11. The normalized spacial score (nSPS) is 14.6. The second-order valence-electron chi connectivity index (χ2n) is 11.0. The number of amides is 2. The van der Waals surface area contributed by atoms with Gasteiger partial charge in [-0.25, -0.2) is 8.42 Å². The third-order valence-corrected chi connectivity index (χ3v) is 9.76. The number of anilines is 1. The van der Waals surface area contributed by atoms with Crippen LogP contribution < -0.4 is 14.4 Å². The number of aryl methyl sites for hydroxylation is 2. The smallest absolute Gasteiger partial charge is 0.264 e. The molecule has 3 aromatic rings. The minimum Gasteiger partial charge on any atom is -0.497 e. The fourth-order valence-electron chi connectivity index (χ4n) is 5.24. The van der Waals surface area contributed by atoms with Gasteiger partial charge < -0.3 is 15.0 Å². The van der Waals surface area contributed by atoms with Crippen LogP contribution in [-0.2, 0) is 26.2 Å². The van der Waals surface area contributed by atoms with Crippen molar-refractivity contribution in [3.05, 3.63) is 89.5 Å². The summed E-state index contributed by atoms with van der Waals surface area (Å²) in [4.78, 5) is 29.1. The molecule has 1 atom stereocenters. The predicted octanol–water partition coefficient (Wildman–Crippen LogP) is 5.37. The summed E-state index contributed by atoms with van der Waals surface area (Å²) in [6.07, 6.45) is 5.15. The van der Waals surface area contributed by atoms with E-state index in [1.54, 1.807) is 31.2 Å². The van der Waals surface area contributed by atoms with E-state index in [4.69, 9.17) is 4.74 Å². The fraction of sp³-hybridized carbons (Fsp3) is 0.394. The van der Waals surface area contributed by atoms with Crippen LogP contribution in [0.4, 0.5) is 5.69 Å². The van der Waals surface area contributed by atoms with Crippen LogP contribution in [0.1, 0.15) is 55.7 Å². The predicted molar refractivity (Wildman–Crippen MR) is 165 cm³/mol. The van der Waals surface area contributed by atoms with Gasteiger partial charge in [0.15, 0.2) is 0 Å². The first-order chi connectivity index (χ1) is 20.1. The Morgan fingerprint density at radius 1 is 0.929 bits per heavy atom. The molecule has 2 amide bonds. The monoisotopic (exact) mass is 591 g/mol. The van der Waals surface area contributed by atoms with Gasteiger partial charge in [0.25, 0.3) is 10.0 Å². The quantitative estimate of drug-likeness (QED) is 0.323. The van der Waals surface area contributed by atoms with Gasteiger partial charge in [-0.1, -0.05) is 61.2 Å². The lowest BCUT2D eigenvalue weighted by Gasteiger charge is -2.33. The second-order valence-corrected chi connectivity index (χ2v) is 12.9. The number of nitrogens with zero attached hydrogens (tertiary/aromatic N) is 2. The Kier molecular flexibility index (Phi) is 10.3. The molecule has 1 N–H and O–H groups in total. The first-order valence-corrected chi connectivity index (χ1v) is 15.9. The van der Waals surface area contributed by atoms with Gasteiger partial charge in [0, 0.05) is 12.6 Å². The summed E-state index contributed by atoms with van der Waals surface area (Å²) in [6.45, 7) is 5.28. The summed E-state index contributed by atoms with van der Waals surface area (Å²) < 4.78 is 34.3. The van der Waals surface area contributed by atoms with Gasteiger partial charge in [0.1, 0.15) is 18.3 Å². The van der Waals surface area contributed by atoms with Gasteiger partial charge in [0.05, 0.1) is 17.7 Å². The molecule has 0 unspecified atom stereocenters. The van der Waals surface area contributed by atoms with Gasteiger partial charge >= 0.3 is 0 Å². The summed E-state index contributed by atoms with van der Waals surface area (Å²) in [6, 6.07) is 20.0. The van der Waals surface area contributed by atoms with Crippen LogP contribution in [0.3, 0.4) is 0 Å². The molecular formula is C33H41N3O5S. The highest BCUT2D eigenvalue weighted by atomic mass is 32.2. The summed E-state index contributed by atoms with van der Waals surface area (Å²) >= 11 is 0. The molecule has 0 aliphatic heterocycles. The average Bonchev–Trinajstić information content (AvgIpc) is 3.00. The highest BCUT2D eigenvalue weighted by Crippen LogP contribution is 2.27. The summed E-state index contributed by atoms with van der Waals surface area (Å²) in [5.74, 6) is -0.180. The molecule has 1 aliphatic rings. The standard InChI is InChI=1S/C33H41N3O5S/c1-24-14-16-29(17-15-24)36(42(39,40)31-20-18-30(41-4)19-21-31)23-32(37)35(22-27-11-9-8-10-25(27)2)26(3)33(38)34-28-12-6-5-7-13-28/h8-11,14-21,26,28H,5-7,12-13,22-23H2,1-4H3,(H,34,38)/t26-/m0/s1. The van der Waals surface area contributed by atoms with E-state index < -0.39 is 28.5 Å². The summed E-state index contributed by atoms with van der Waals surface area (Å²) in [5, 5.41) is 3.14. The molecule has 0 saturated heterocycles. The van der Waals surface area contributed by atoms with Gasteiger partial charge in [-0.3, -0.25) is 13.9 Å². The molecule has 1 fully saturated rings. The Hall–Kier alpha value is -3.85. The number of ether oxygens (including phenoxy) is 1. The first-order valence-electron chi connectivity index (χ1n) is 14.5. The molecule has 9 heteroatoms. The van der Waals surface area contributed by atoms with E-state index in [2.05, 4.69) is 5.32 Å². The maximum atomic E-state index is 14.1. The Morgan fingerprint density at radius 2 is 1.57 bits per heavy atom. The van der Waals surface area contributed by atoms with E-state index in [0.717, 1.165) is 53.1 Å². The van der Waals surface area contributed by atoms with Crippen LogP contribution in [0.15, 0.2) is 77.7 Å². The number of carbonyl (C=O) groups is 2. The summed E-state index contributed by atoms with van der Waals surface area (Å²) in [7, 11) is -2.63. The molecule has 0 radical (unpaired) electrons. The zero-order chi connectivity index (χ0) is 30.3. The van der Waals surface area contributed by atoms with Gasteiger partial charge in [-0.05, 0) is 81.1 Å². The van der Waals surface area contributed by atoms with Crippen LogP contribution in [0.2, 0.25) is 0 Å². The van der Waals surface area contributed by atoms with Crippen LogP contribution >= 0.6 is 0 Å². The Bertz CT molecular complexity index is 1470. The van der Waals surface area contributed by atoms with Crippen molar-refractivity contribution in [2.75, 3.05) is 18.0 Å². The Labute approximate surface area is 249 Å². The van der Waals surface area contributed by atoms with E-state index in [1.165, 1.54) is 24.1 Å². The van der Waals surface area contributed by atoms with Gasteiger partial charge in [-0.2, -0.15) is 0 Å². The largest absolute Gasteiger partial charge is 0.497 e. The van der Waals surface area contributed by atoms with Crippen LogP contribution in [0, 0.1) is 13.8 Å². The topological polar surface area (TPSA) is 96.0 Å². The third kappa shape index (κ3) is 7.50. The molecule has 1 aliphatic carbocycles. The zero-order valence-corrected chi connectivity index (χ0v) is 25.7. The van der Waals surface area contributed by atoms with Crippen LogP contribution in [0.5, 0.6) is 5.75 Å². The number of carbonyl (C=O) groups excluding carboxylic acids is 2. The summed E-state index contributed by atoms with van der Waals surface area (Å²) in [5.41, 5.74) is 3.19. The van der Waals surface area contributed by atoms with E-state index in [1.807, 2.05) is 50.2 Å². The van der Waals surface area contributed by atoms with Crippen molar-refractivity contribution < 1.29 is 22.7 Å². The molecule has 0 heterocycles. The number of methoxy groups -OCH3 is 1. The minimum atomic E-state index is -4.14. The van der Waals surface area contributed by atoms with E-state index in [0.29, 0.717) is 11.4 Å². The van der Waals surface area contributed by atoms with Crippen molar-refractivity contribution in [2.24, 2.45) is 0 Å². The lowest BCUT2D eigenvalue weighted by Crippen LogP contribution is -2.53. The Morgan fingerprint density at radius 3 is 2.19 bits per heavy atom. The molecule has 42 heavy (non-hydrogen) atoms. The highest BCUT2D eigenvalue weighted by molar-refractivity contribution is 7.92. The SMILES string of the molecule is COc1ccc(S(=O)(=O)N(CC(=O)N(Cc2ccccc2C)[C@@H](C)C(=O)NC2CCCCC2)c2ccc(C)cc2)cc1. The Balaban J connectivity index is 1.68.